The number of aromatic hydroxyl groups is 1. The van der Waals surface area contributed by atoms with Crippen LogP contribution in [0.2, 0.25) is 0 Å². The molecule has 5 aromatic rings. The number of aromatic amines is 1. The van der Waals surface area contributed by atoms with E-state index in [1.807, 2.05) is 23.6 Å². The van der Waals surface area contributed by atoms with E-state index in [1.54, 1.807) is 38.1 Å². The van der Waals surface area contributed by atoms with Gasteiger partial charge in [-0.1, -0.05) is 65.4 Å². The van der Waals surface area contributed by atoms with Crippen molar-refractivity contribution in [3.05, 3.63) is 159 Å². The maximum atomic E-state index is 13.7. The summed E-state index contributed by atoms with van der Waals surface area (Å²) >= 11 is 7.58. The number of carbonyl (C=O) groups excluding carboxylic acids is 10. The molecule has 41 nitrogen and oxygen atoms in total. The number of aliphatic hydroxyl groups excluding tert-OH is 3. The van der Waals surface area contributed by atoms with Crippen molar-refractivity contribution in [2.24, 2.45) is 35.5 Å². The number of nitrogens with two attached hydrogens (primary N) is 3. The first-order chi connectivity index (χ1) is 55.9. The Labute approximate surface area is 765 Å². The van der Waals surface area contributed by atoms with Gasteiger partial charge in [0.05, 0.1) is 47.1 Å². The number of primary amides is 1. The van der Waals surface area contributed by atoms with Gasteiger partial charge in [0.25, 0.3) is 23.6 Å². The largest absolute Gasteiger partial charge is 1.00 e. The van der Waals surface area contributed by atoms with Gasteiger partial charge in [-0.3, -0.25) is 82.0 Å². The van der Waals surface area contributed by atoms with E-state index >= 15 is 0 Å². The van der Waals surface area contributed by atoms with Gasteiger partial charge in [-0.2, -0.15) is 4.98 Å². The van der Waals surface area contributed by atoms with Crippen LogP contribution in [0.3, 0.4) is 0 Å². The Morgan fingerprint density at radius 1 is 0.795 bits per heavy atom. The number of carboxylic acids is 3. The number of benzene rings is 2. The van der Waals surface area contributed by atoms with Crippen molar-refractivity contribution in [2.45, 2.75) is 114 Å². The molecule has 0 unspecified atom stereocenters. The van der Waals surface area contributed by atoms with Gasteiger partial charge in [0.1, 0.15) is 100.0 Å². The van der Waals surface area contributed by atoms with Crippen LogP contribution in [0.15, 0.2) is 131 Å². The Hall–Kier alpha value is -8.99. The summed E-state index contributed by atoms with van der Waals surface area (Å²) in [6.45, 7) is 5.89. The number of phenolic OH excluding ortho intramolecular Hbond substituents is 1. The van der Waals surface area contributed by atoms with Crippen LogP contribution in [0.25, 0.3) is 5.76 Å². The zero-order chi connectivity index (χ0) is 87.4. The van der Waals surface area contributed by atoms with Crippen molar-refractivity contribution < 1.29 is 177 Å². The molecule has 2 aromatic carbocycles. The number of H-pyrrole nitrogens is 1. The molecule has 14 rings (SSSR count). The number of aliphatic carboxylic acids is 3. The number of Topliss-reactive ketones (excluding diaryl/α,β-unsaturated/α-hetero) is 2. The molecule has 4 saturated heterocycles. The molecule has 50 heteroatoms. The normalized spacial score (nSPS) is 25.8. The second-order valence-corrected chi connectivity index (χ2v) is 35.4. The summed E-state index contributed by atoms with van der Waals surface area (Å²) in [6, 6.07) is 10.8. The Bertz CT molecular complexity index is 5400. The maximum absolute atomic E-state index is 13.7. The van der Waals surface area contributed by atoms with Crippen LogP contribution in [0, 0.1) is 11.8 Å². The predicted molar refractivity (Wildman–Crippen MR) is 433 cm³/mol. The first-order valence-corrected chi connectivity index (χ1v) is 41.1. The van der Waals surface area contributed by atoms with E-state index in [-0.39, 0.29) is 157 Å². The Balaban J connectivity index is 0.000000203. The molecule has 0 bridgehead atoms. The molecule has 14 atom stereocenters. The average Bonchev–Trinajstić information content (AvgIpc) is 0.917. The summed E-state index contributed by atoms with van der Waals surface area (Å²) in [5.74, 6) is -16.1. The van der Waals surface area contributed by atoms with Crippen LogP contribution in [0.5, 0.6) is 5.75 Å². The number of aromatic nitrogens is 4. The molecule has 1 saturated carbocycles. The van der Waals surface area contributed by atoms with E-state index in [4.69, 9.17) is 26.8 Å². The molecule has 3 aliphatic carbocycles. The summed E-state index contributed by atoms with van der Waals surface area (Å²) in [4.78, 5) is 201. The van der Waals surface area contributed by atoms with E-state index in [2.05, 4.69) is 36.2 Å². The molecule has 9 aliphatic rings. The van der Waals surface area contributed by atoms with E-state index in [0.29, 0.717) is 22.5 Å². The number of thiazole rings is 1. The number of phenols is 1. The van der Waals surface area contributed by atoms with E-state index in [9.17, 15) is 118 Å². The van der Waals surface area contributed by atoms with Gasteiger partial charge in [0.15, 0.2) is 27.4 Å². The number of amides is 7. The molecule has 9 heterocycles. The van der Waals surface area contributed by atoms with E-state index in [1.165, 1.54) is 127 Å². The van der Waals surface area contributed by atoms with Crippen molar-refractivity contribution in [3.63, 3.8) is 0 Å². The van der Waals surface area contributed by atoms with Crippen LogP contribution in [0.1, 0.15) is 61.0 Å². The standard InChI is InChI=1S/C22H24N2O9.C18H18N8O7S3.C16H19N3O4S.C16H16N2O6S2.ClH.2Na/c1-21(32)7-5-4-6-8(25)9(7)15(26)10-12(21)17(28)13-14(24(2)3)16(27)11(20(23)31)19(30)22(13,33)18(10)29;1-25-18(22-12(28)13(29)23-25)36-4-6-3-34-15-9(14(30)26(15)10(6)16(31)32)21-11(27)8(24-33-2)7-5-35-17(19)20-7;1-16(2)11(15(22)23)19-13(21)10(14(19)24-16)18-12(20)9(17)8-6-4-3-5-7-8;1-8(19)24-6-9-7-26-15-12(14(21)18(15)13(9)16(22)23)17-11(20)5-10-3-2-4-25-10;;;/h4-6,12-14,17,25-26,28,30,32-33H,1-3H3,(H2,23,31);5,9,15H,3-4H2,1-2H3,(H2,19,20)(H,21,27)(H,23,29)(H,31,32);3-7,9-11,14H,17H2,1-2H3,(H,18,20)(H,22,23);2-4,12,15H,5-7H2,1H3,(H,17,20)(H,22,23);1H;;/q;;;;;2*+1/b;24-8-;;;;;/t12-,13-,14+,17+,21-,22+;9-,15-;9-,10-,11+,14-;12-,15-;;;/m1111.../s1. The molecule has 122 heavy (non-hydrogen) atoms. The summed E-state index contributed by atoms with van der Waals surface area (Å²) in [5.41, 5.74) is 9.02. The number of ether oxygens (including phenoxy) is 1. The van der Waals surface area contributed by atoms with Crippen molar-refractivity contribution in [2.75, 3.05) is 50.8 Å². The number of carbonyl (C=O) groups is 13. The molecule has 640 valence electrons. The van der Waals surface area contributed by atoms with Crippen LogP contribution < -0.4 is 103 Å². The number of thiophene rings is 1. The van der Waals surface area contributed by atoms with E-state index in [0.717, 1.165) is 37.8 Å². The number of aliphatic hydroxyl groups is 5. The maximum Gasteiger partial charge on any atom is 1.00 e. The van der Waals surface area contributed by atoms with Crippen molar-refractivity contribution in [1.82, 2.24) is 55.3 Å². The summed E-state index contributed by atoms with van der Waals surface area (Å²) in [7, 11) is 5.54. The number of hydrogen-bond donors (Lipinski definition) is 16. The predicted octanol–water partition coefficient (Wildman–Crippen LogP) is -7.67. The number of esters is 1. The molecule has 0 radical (unpaired) electrons. The quantitative estimate of drug-likeness (QED) is 0.00503. The summed E-state index contributed by atoms with van der Waals surface area (Å²) < 4.78 is 5.51. The van der Waals surface area contributed by atoms with Gasteiger partial charge < -0.3 is 93.6 Å². The van der Waals surface area contributed by atoms with Gasteiger partial charge in [-0.05, 0) is 69.1 Å². The number of aryl methyl sites for hydroxylation is 1. The number of halogens is 1. The first-order valence-electron chi connectivity index (χ1n) is 35.3. The number of ketones is 2. The molecule has 7 amide bonds. The van der Waals surface area contributed by atoms with Crippen LogP contribution in [-0.2, 0) is 91.0 Å². The number of rotatable bonds is 20. The molecule has 0 spiro atoms. The smallest absolute Gasteiger partial charge is 0.508 e. The number of nitrogens with one attached hydrogen (secondary N) is 4. The zero-order valence-corrected chi connectivity index (χ0v) is 75.7. The fourth-order valence-corrected chi connectivity index (χ4v) is 21.6. The Morgan fingerprint density at radius 3 is 1.94 bits per heavy atom. The third-order valence-electron chi connectivity index (χ3n) is 20.4. The molecular weight excluding hydrogens is 1760 g/mol. The number of likely N-dealkylation sites (N-methyl/N-ethyl adjacent to an activating group) is 1. The monoisotopic (exact) mass is 1840 g/mol. The van der Waals surface area contributed by atoms with Crippen LogP contribution in [-0.4, -0.2) is 276 Å². The number of oxime groups is 1. The third kappa shape index (κ3) is 18.6. The second-order valence-electron chi connectivity index (χ2n) is 28.6. The number of anilines is 1. The summed E-state index contributed by atoms with van der Waals surface area (Å²) in [6.07, 6.45) is -1.69. The van der Waals surface area contributed by atoms with Crippen molar-refractivity contribution in [3.8, 4) is 5.75 Å². The van der Waals surface area contributed by atoms with Gasteiger partial charge in [0.2, 0.25) is 23.5 Å². The van der Waals surface area contributed by atoms with Gasteiger partial charge in [-0.25, -0.2) is 19.4 Å². The molecule has 6 aliphatic heterocycles. The topological polar surface area (TPSA) is 643 Å². The number of nitrogens with zero attached hydrogens (tertiary/aromatic N) is 8. The van der Waals surface area contributed by atoms with Crippen molar-refractivity contribution >= 4 is 176 Å². The number of fused-ring (bicyclic) bond motifs is 6. The number of hydrogen-bond acceptors (Lipinski definition) is 35. The minimum Gasteiger partial charge on any atom is -0.508 e. The van der Waals surface area contributed by atoms with Gasteiger partial charge in [0, 0.05) is 51.8 Å². The second kappa shape index (κ2) is 39.0. The number of carboxylic acid groups (broad SMARTS) is 3. The fourth-order valence-electron chi connectivity index (χ4n) is 15.0. The SMILES string of the molecule is CC(=O)OCC1=C(C(=O)O)N2C(=O)[C@@H](NC(=O)Cc3cccs3)[C@H]2SC1.CC1(C)S[C@@H]2[C@H](NC(=O)[C@H](N)c3ccccc3)C(=O)N2[C@H]1C(=O)O.CN(C)[C@@H]1C(=O)C(C(N)=O)=C(O)[C@@]2(O)C(=O)C3=C(O)c4c(O)cccc4[C@@](C)(O)[C@H]3[C@H](O)[C@@H]12.CO/N=C(\C(=O)N[C@@H]1C(=O)N2C(C(=O)O)=C(CSc3nc(=O)c(=O)[nH]n3C)CS[C@H]12)c1csc(N)n1.Cl.[Na+].[Na+]. The Kier molecular flexibility index (Phi) is 31.5. The summed E-state index contributed by atoms with van der Waals surface area (Å²) in [5, 5.41) is 111. The number of β-lactam (4-membered cyclic amide) rings is 3. The third-order valence-corrected chi connectivity index (χ3v) is 27.3. The average molecular weight is 1840 g/mol. The van der Waals surface area contributed by atoms with Crippen LogP contribution in [0.4, 0.5) is 5.13 Å². The fraction of sp³-hybridized carbons (Fsp3) is 0.389. The Morgan fingerprint density at radius 2 is 1.39 bits per heavy atom. The number of thioether (sulfide) groups is 4. The minimum atomic E-state index is -3.02. The molecule has 3 aromatic heterocycles. The first kappa shape index (κ1) is 98.4. The zero-order valence-electron chi connectivity index (χ0n) is 66.0. The molecule has 19 N–H and O–H groups in total. The van der Waals surface area contributed by atoms with Crippen molar-refractivity contribution in [1.29, 1.82) is 0 Å². The minimum absolute atomic E-state index is 0. The molecule has 5 fully saturated rings. The van der Waals surface area contributed by atoms with E-state index < -0.39 is 185 Å². The van der Waals surface area contributed by atoms with Gasteiger partial charge >= 0.3 is 94.1 Å². The van der Waals surface area contributed by atoms with Crippen LogP contribution >= 0.6 is 82.1 Å². The number of nitrogen functional groups attached to an aromatic ring is 1. The molecular formula is C72H78ClN15Na2O26S6+2. The van der Waals surface area contributed by atoms with Gasteiger partial charge in [-0.15, -0.1) is 70.4 Å².